The maximum atomic E-state index is 12.6. The van der Waals surface area contributed by atoms with Gasteiger partial charge in [0, 0.05) is 5.92 Å². The number of unbranched alkanes of at least 4 members (excludes halogenated alkanes) is 1. The van der Waals surface area contributed by atoms with Gasteiger partial charge in [0.05, 0.1) is 12.6 Å². The number of Topliss-reactive ketones (excluding diaryl/α,β-unsaturated/α-hetero) is 1. The monoisotopic (exact) mass is 392 g/mol. The van der Waals surface area contributed by atoms with E-state index in [0.29, 0.717) is 19.4 Å². The molecule has 0 aromatic heterocycles. The first-order valence-electron chi connectivity index (χ1n) is 9.79. The lowest BCUT2D eigenvalue weighted by molar-refractivity contribution is -0.136. The molecule has 0 aliphatic rings. The summed E-state index contributed by atoms with van der Waals surface area (Å²) in [7, 11) is 0. The highest BCUT2D eigenvalue weighted by Gasteiger charge is 2.30. The van der Waals surface area contributed by atoms with Crippen molar-refractivity contribution in [2.45, 2.75) is 65.2 Å². The lowest BCUT2D eigenvalue weighted by Crippen LogP contribution is -2.49. The summed E-state index contributed by atoms with van der Waals surface area (Å²) in [5.74, 6) is -0.936. The van der Waals surface area contributed by atoms with Gasteiger partial charge in [0.1, 0.15) is 6.61 Å². The minimum absolute atomic E-state index is 0.103. The van der Waals surface area contributed by atoms with Crippen LogP contribution in [0.3, 0.4) is 0 Å². The third-order valence-electron chi connectivity index (χ3n) is 4.57. The number of ether oxygens (including phenoxy) is 2. The molecule has 0 radical (unpaired) electrons. The van der Waals surface area contributed by atoms with Crippen molar-refractivity contribution in [2.24, 2.45) is 11.7 Å². The molecule has 156 valence electrons. The van der Waals surface area contributed by atoms with E-state index in [4.69, 9.17) is 15.2 Å². The van der Waals surface area contributed by atoms with Gasteiger partial charge in [-0.05, 0) is 18.4 Å². The summed E-state index contributed by atoms with van der Waals surface area (Å²) in [4.78, 5) is 36.3. The van der Waals surface area contributed by atoms with Crippen molar-refractivity contribution >= 4 is 17.8 Å². The standard InChI is InChI=1S/C21H32N2O5/c1-4-6-12-17(18(24)14-27-13-16-10-8-7-9-11-16)23-20(25)19(15(3)5-2)28-21(22)26/h7-11,15,17,19H,4-6,12-14H2,1-3H3,(H2,22,26)(H,23,25). The fourth-order valence-corrected chi connectivity index (χ4v) is 2.69. The fraction of sp³-hybridized carbons (Fsp3) is 0.571. The minimum atomic E-state index is -1.02. The van der Waals surface area contributed by atoms with Crippen LogP contribution in [0.5, 0.6) is 0 Å². The van der Waals surface area contributed by atoms with E-state index >= 15 is 0 Å². The van der Waals surface area contributed by atoms with Gasteiger partial charge in [0.15, 0.2) is 11.9 Å². The molecule has 7 nitrogen and oxygen atoms in total. The lowest BCUT2D eigenvalue weighted by atomic mass is 9.99. The number of primary amides is 1. The number of benzene rings is 1. The first kappa shape index (κ1) is 23.6. The number of amides is 2. The van der Waals surface area contributed by atoms with Crippen LogP contribution in [0.25, 0.3) is 0 Å². The van der Waals surface area contributed by atoms with Crippen LogP contribution in [-0.2, 0) is 25.7 Å². The Bertz CT molecular complexity index is 620. The summed E-state index contributed by atoms with van der Waals surface area (Å²) < 4.78 is 10.5. The molecule has 3 atom stereocenters. The van der Waals surface area contributed by atoms with Crippen LogP contribution in [0, 0.1) is 5.92 Å². The van der Waals surface area contributed by atoms with Gasteiger partial charge in [-0.25, -0.2) is 4.79 Å². The van der Waals surface area contributed by atoms with Crippen molar-refractivity contribution in [3.63, 3.8) is 0 Å². The Labute approximate surface area is 167 Å². The van der Waals surface area contributed by atoms with Crippen LogP contribution in [-0.4, -0.2) is 36.5 Å². The molecule has 3 unspecified atom stereocenters. The molecule has 0 fully saturated rings. The number of carbonyl (C=O) groups excluding carboxylic acids is 3. The van der Waals surface area contributed by atoms with E-state index in [9.17, 15) is 14.4 Å². The number of ketones is 1. The largest absolute Gasteiger partial charge is 0.436 e. The van der Waals surface area contributed by atoms with E-state index in [1.54, 1.807) is 6.92 Å². The number of nitrogens with one attached hydrogen (secondary N) is 1. The molecular weight excluding hydrogens is 360 g/mol. The summed E-state index contributed by atoms with van der Waals surface area (Å²) in [5, 5.41) is 2.72. The van der Waals surface area contributed by atoms with Gasteiger partial charge in [-0.3, -0.25) is 9.59 Å². The van der Waals surface area contributed by atoms with E-state index in [-0.39, 0.29) is 18.3 Å². The Morgan fingerprint density at radius 3 is 2.39 bits per heavy atom. The first-order valence-corrected chi connectivity index (χ1v) is 9.79. The molecule has 0 aliphatic carbocycles. The Kier molecular flexibility index (Phi) is 10.9. The molecule has 0 aliphatic heterocycles. The second-order valence-electron chi connectivity index (χ2n) is 6.89. The molecule has 28 heavy (non-hydrogen) atoms. The number of nitrogens with two attached hydrogens (primary N) is 1. The topological polar surface area (TPSA) is 108 Å². The molecule has 3 N–H and O–H groups in total. The van der Waals surface area contributed by atoms with Gasteiger partial charge < -0.3 is 20.5 Å². The predicted octanol–water partition coefficient (Wildman–Crippen LogP) is 2.96. The third-order valence-corrected chi connectivity index (χ3v) is 4.57. The van der Waals surface area contributed by atoms with Gasteiger partial charge in [0.25, 0.3) is 5.91 Å². The van der Waals surface area contributed by atoms with Gasteiger partial charge in [-0.15, -0.1) is 0 Å². The van der Waals surface area contributed by atoms with Crippen molar-refractivity contribution in [1.29, 1.82) is 0 Å². The van der Waals surface area contributed by atoms with Crippen molar-refractivity contribution in [2.75, 3.05) is 6.61 Å². The smallest absolute Gasteiger partial charge is 0.405 e. The maximum absolute atomic E-state index is 12.6. The average molecular weight is 392 g/mol. The quantitative estimate of drug-likeness (QED) is 0.537. The summed E-state index contributed by atoms with van der Waals surface area (Å²) in [6.07, 6.45) is 0.753. The second-order valence-corrected chi connectivity index (χ2v) is 6.89. The Hall–Kier alpha value is -2.41. The summed E-state index contributed by atoms with van der Waals surface area (Å²) in [6, 6.07) is 8.85. The summed E-state index contributed by atoms with van der Waals surface area (Å²) >= 11 is 0. The van der Waals surface area contributed by atoms with Crippen LogP contribution in [0.15, 0.2) is 30.3 Å². The minimum Gasteiger partial charge on any atom is -0.436 e. The van der Waals surface area contributed by atoms with Crippen molar-refractivity contribution in [1.82, 2.24) is 5.32 Å². The molecule has 0 saturated heterocycles. The molecule has 1 aromatic carbocycles. The van der Waals surface area contributed by atoms with E-state index in [1.165, 1.54) is 0 Å². The van der Waals surface area contributed by atoms with E-state index in [0.717, 1.165) is 18.4 Å². The third kappa shape index (κ3) is 8.52. The van der Waals surface area contributed by atoms with Crippen molar-refractivity contribution in [3.8, 4) is 0 Å². The number of hydrogen-bond acceptors (Lipinski definition) is 5. The number of hydrogen-bond donors (Lipinski definition) is 2. The van der Waals surface area contributed by atoms with Crippen molar-refractivity contribution < 1.29 is 23.9 Å². The molecular formula is C21H32N2O5. The van der Waals surface area contributed by atoms with Crippen LogP contribution < -0.4 is 11.1 Å². The molecule has 1 rings (SSSR count). The maximum Gasteiger partial charge on any atom is 0.405 e. The molecule has 0 bridgehead atoms. The van der Waals surface area contributed by atoms with Gasteiger partial charge in [-0.1, -0.05) is 63.9 Å². The normalized spacial score (nSPS) is 14.0. The molecule has 7 heteroatoms. The molecule has 2 amide bonds. The summed E-state index contributed by atoms with van der Waals surface area (Å²) in [5.41, 5.74) is 6.06. The number of carbonyl (C=O) groups is 3. The van der Waals surface area contributed by atoms with Gasteiger partial charge >= 0.3 is 6.09 Å². The van der Waals surface area contributed by atoms with Crippen LogP contribution in [0.1, 0.15) is 52.0 Å². The zero-order valence-electron chi connectivity index (χ0n) is 17.0. The fourth-order valence-electron chi connectivity index (χ4n) is 2.69. The van der Waals surface area contributed by atoms with E-state index < -0.39 is 24.1 Å². The Morgan fingerprint density at radius 1 is 1.14 bits per heavy atom. The molecule has 0 spiro atoms. The molecule has 0 saturated carbocycles. The summed E-state index contributed by atoms with van der Waals surface area (Å²) in [6.45, 7) is 5.90. The average Bonchev–Trinajstić information content (AvgIpc) is 2.69. The highest BCUT2D eigenvalue weighted by molar-refractivity contribution is 5.91. The molecule has 0 heterocycles. The van der Waals surface area contributed by atoms with Gasteiger partial charge in [0.2, 0.25) is 0 Å². The number of rotatable bonds is 13. The lowest BCUT2D eigenvalue weighted by Gasteiger charge is -2.24. The molecule has 1 aromatic rings. The SMILES string of the molecule is CCCCC(NC(=O)C(OC(N)=O)C(C)CC)C(=O)COCc1ccccc1. The zero-order valence-corrected chi connectivity index (χ0v) is 17.0. The highest BCUT2D eigenvalue weighted by Crippen LogP contribution is 2.13. The van der Waals surface area contributed by atoms with E-state index in [2.05, 4.69) is 5.32 Å². The van der Waals surface area contributed by atoms with Crippen LogP contribution in [0.2, 0.25) is 0 Å². The predicted molar refractivity (Wildman–Crippen MR) is 106 cm³/mol. The Balaban J connectivity index is 2.69. The highest BCUT2D eigenvalue weighted by atomic mass is 16.6. The second kappa shape index (κ2) is 12.9. The Morgan fingerprint density at radius 2 is 1.82 bits per heavy atom. The van der Waals surface area contributed by atoms with Crippen molar-refractivity contribution in [3.05, 3.63) is 35.9 Å². The van der Waals surface area contributed by atoms with Crippen LogP contribution >= 0.6 is 0 Å². The van der Waals surface area contributed by atoms with E-state index in [1.807, 2.05) is 44.2 Å². The van der Waals surface area contributed by atoms with Crippen LogP contribution in [0.4, 0.5) is 4.79 Å². The zero-order chi connectivity index (χ0) is 20.9. The van der Waals surface area contributed by atoms with Gasteiger partial charge in [-0.2, -0.15) is 0 Å². The first-order chi connectivity index (χ1) is 13.4.